The van der Waals surface area contributed by atoms with E-state index in [9.17, 15) is 4.79 Å². The fraction of sp³-hybridized carbons (Fsp3) is 0.278. The first-order valence-electron chi connectivity index (χ1n) is 7.36. The molecule has 0 fully saturated rings. The maximum Gasteiger partial charge on any atom is 0.323 e. The van der Waals surface area contributed by atoms with E-state index in [2.05, 4.69) is 31.4 Å². The molecule has 2 rings (SSSR count). The number of nitrogens with one attached hydrogen (secondary N) is 2. The van der Waals surface area contributed by atoms with Gasteiger partial charge in [-0.1, -0.05) is 51.1 Å². The number of hydrogen-bond donors (Lipinski definition) is 2. The highest BCUT2D eigenvalue weighted by Crippen LogP contribution is 2.18. The molecule has 0 aliphatic carbocycles. The second-order valence-corrected chi connectivity index (χ2v) is 5.37. The lowest BCUT2D eigenvalue weighted by molar-refractivity contribution is 0.262. The summed E-state index contributed by atoms with van der Waals surface area (Å²) < 4.78 is 0. The summed E-state index contributed by atoms with van der Waals surface area (Å²) in [5.41, 5.74) is 4.04. The van der Waals surface area contributed by atoms with Crippen LogP contribution in [0.3, 0.4) is 0 Å². The Bertz CT molecular complexity index is 603. The van der Waals surface area contributed by atoms with E-state index < -0.39 is 0 Å². The highest BCUT2D eigenvalue weighted by atomic mass is 16.2. The number of aryl methyl sites for hydroxylation is 1. The van der Waals surface area contributed by atoms with Crippen molar-refractivity contribution in [3.63, 3.8) is 0 Å². The van der Waals surface area contributed by atoms with E-state index in [1.54, 1.807) is 0 Å². The fourth-order valence-electron chi connectivity index (χ4n) is 2.19. The molecule has 2 aromatic rings. The lowest BCUT2D eigenvalue weighted by atomic mass is 10.0. The van der Waals surface area contributed by atoms with Gasteiger partial charge in [0, 0.05) is 11.4 Å². The van der Waals surface area contributed by atoms with E-state index in [0.717, 1.165) is 23.4 Å². The molecule has 2 N–H and O–H groups in total. The van der Waals surface area contributed by atoms with Crippen LogP contribution < -0.4 is 10.6 Å². The zero-order valence-corrected chi connectivity index (χ0v) is 12.8. The van der Waals surface area contributed by atoms with E-state index in [1.165, 1.54) is 5.56 Å². The molecule has 0 aliphatic rings. The third-order valence-corrected chi connectivity index (χ3v) is 3.48. The van der Waals surface area contributed by atoms with E-state index >= 15 is 0 Å². The molecule has 3 heteroatoms. The van der Waals surface area contributed by atoms with Crippen LogP contribution >= 0.6 is 0 Å². The van der Waals surface area contributed by atoms with E-state index in [-0.39, 0.29) is 6.03 Å². The van der Waals surface area contributed by atoms with Gasteiger partial charge >= 0.3 is 6.03 Å². The van der Waals surface area contributed by atoms with Crippen molar-refractivity contribution in [1.82, 2.24) is 0 Å². The molecule has 0 atom stereocenters. The summed E-state index contributed by atoms with van der Waals surface area (Å²) in [5.74, 6) is 0.490. The van der Waals surface area contributed by atoms with Crippen LogP contribution in [-0.2, 0) is 6.42 Å². The molecule has 3 nitrogen and oxygen atoms in total. The van der Waals surface area contributed by atoms with Crippen molar-refractivity contribution >= 4 is 17.4 Å². The predicted molar refractivity (Wildman–Crippen MR) is 89.0 cm³/mol. The maximum absolute atomic E-state index is 12.0. The minimum atomic E-state index is -0.215. The van der Waals surface area contributed by atoms with Crippen molar-refractivity contribution in [3.8, 4) is 0 Å². The lowest BCUT2D eigenvalue weighted by Gasteiger charge is -2.11. The van der Waals surface area contributed by atoms with Crippen LogP contribution in [0.15, 0.2) is 48.5 Å². The summed E-state index contributed by atoms with van der Waals surface area (Å²) in [7, 11) is 0. The van der Waals surface area contributed by atoms with Gasteiger partial charge in [-0.3, -0.25) is 0 Å². The van der Waals surface area contributed by atoms with E-state index in [0.29, 0.717) is 5.92 Å². The standard InChI is InChI=1S/C18H22N2O/c1-4-14-7-5-6-8-17(14)20-18(21)19-16-11-9-15(10-12-16)13(2)3/h5-13H,4H2,1-3H3,(H2,19,20,21). The number of amides is 2. The number of anilines is 2. The van der Waals surface area contributed by atoms with Crippen LogP contribution in [-0.4, -0.2) is 6.03 Å². The number of rotatable bonds is 4. The Hall–Kier alpha value is -2.29. The maximum atomic E-state index is 12.0. The molecule has 0 heterocycles. The first kappa shape index (κ1) is 15.1. The summed E-state index contributed by atoms with van der Waals surface area (Å²) in [6.45, 7) is 6.37. The minimum absolute atomic E-state index is 0.215. The van der Waals surface area contributed by atoms with Crippen molar-refractivity contribution in [2.24, 2.45) is 0 Å². The normalized spacial score (nSPS) is 10.5. The van der Waals surface area contributed by atoms with Crippen LogP contribution in [0.4, 0.5) is 16.2 Å². The molecule has 2 amide bonds. The zero-order chi connectivity index (χ0) is 15.2. The van der Waals surface area contributed by atoms with Crippen molar-refractivity contribution in [2.75, 3.05) is 10.6 Å². The van der Waals surface area contributed by atoms with E-state index in [4.69, 9.17) is 0 Å². The van der Waals surface area contributed by atoms with Crippen LogP contribution in [0, 0.1) is 0 Å². The number of para-hydroxylation sites is 1. The quantitative estimate of drug-likeness (QED) is 0.812. The van der Waals surface area contributed by atoms with Gasteiger partial charge in [-0.25, -0.2) is 4.79 Å². The van der Waals surface area contributed by atoms with Crippen molar-refractivity contribution in [1.29, 1.82) is 0 Å². The third-order valence-electron chi connectivity index (χ3n) is 3.48. The van der Waals surface area contributed by atoms with Gasteiger partial charge in [0.2, 0.25) is 0 Å². The summed E-state index contributed by atoms with van der Waals surface area (Å²) in [5, 5.41) is 5.76. The topological polar surface area (TPSA) is 41.1 Å². The first-order valence-corrected chi connectivity index (χ1v) is 7.36. The zero-order valence-electron chi connectivity index (χ0n) is 12.8. The van der Waals surface area contributed by atoms with Gasteiger partial charge < -0.3 is 10.6 Å². The highest BCUT2D eigenvalue weighted by Gasteiger charge is 2.06. The Balaban J connectivity index is 2.01. The monoisotopic (exact) mass is 282 g/mol. The average molecular weight is 282 g/mol. The van der Waals surface area contributed by atoms with Crippen molar-refractivity contribution < 1.29 is 4.79 Å². The molecule has 0 aliphatic heterocycles. The average Bonchev–Trinajstić information content (AvgIpc) is 2.48. The molecule has 0 aromatic heterocycles. The molecule has 21 heavy (non-hydrogen) atoms. The molecule has 2 aromatic carbocycles. The van der Waals surface area contributed by atoms with Crippen LogP contribution in [0.25, 0.3) is 0 Å². The Morgan fingerprint density at radius 2 is 1.67 bits per heavy atom. The smallest absolute Gasteiger partial charge is 0.308 e. The van der Waals surface area contributed by atoms with Crippen molar-refractivity contribution in [2.45, 2.75) is 33.1 Å². The third kappa shape index (κ3) is 4.09. The van der Waals surface area contributed by atoms with Gasteiger partial charge in [0.15, 0.2) is 0 Å². The molecular formula is C18H22N2O. The summed E-state index contributed by atoms with van der Waals surface area (Å²) in [6, 6.07) is 15.6. The fourth-order valence-corrected chi connectivity index (χ4v) is 2.19. The number of benzene rings is 2. The number of urea groups is 1. The number of carbonyl (C=O) groups is 1. The molecule has 0 unspecified atom stereocenters. The molecule has 0 saturated carbocycles. The largest absolute Gasteiger partial charge is 0.323 e. The molecule has 0 saturated heterocycles. The lowest BCUT2D eigenvalue weighted by Crippen LogP contribution is -2.20. The van der Waals surface area contributed by atoms with Gasteiger partial charge in [-0.05, 0) is 41.7 Å². The highest BCUT2D eigenvalue weighted by molar-refractivity contribution is 6.00. The molecule has 110 valence electrons. The predicted octanol–water partition coefficient (Wildman–Crippen LogP) is 5.02. The molecule has 0 bridgehead atoms. The first-order chi connectivity index (χ1) is 10.1. The summed E-state index contributed by atoms with van der Waals surface area (Å²) in [6.07, 6.45) is 0.888. The molecular weight excluding hydrogens is 260 g/mol. The second-order valence-electron chi connectivity index (χ2n) is 5.37. The summed E-state index contributed by atoms with van der Waals surface area (Å²) in [4.78, 5) is 12.0. The van der Waals surface area contributed by atoms with E-state index in [1.807, 2.05) is 48.5 Å². The second kappa shape index (κ2) is 6.93. The van der Waals surface area contributed by atoms with Crippen LogP contribution in [0.1, 0.15) is 37.8 Å². The Labute approximate surface area is 126 Å². The van der Waals surface area contributed by atoms with Gasteiger partial charge in [-0.2, -0.15) is 0 Å². The van der Waals surface area contributed by atoms with Crippen molar-refractivity contribution in [3.05, 3.63) is 59.7 Å². The Morgan fingerprint density at radius 3 is 2.29 bits per heavy atom. The Morgan fingerprint density at radius 1 is 1.00 bits per heavy atom. The number of hydrogen-bond acceptors (Lipinski definition) is 1. The summed E-state index contributed by atoms with van der Waals surface area (Å²) >= 11 is 0. The molecule has 0 radical (unpaired) electrons. The molecule has 0 spiro atoms. The van der Waals surface area contributed by atoms with Gasteiger partial charge in [0.1, 0.15) is 0 Å². The minimum Gasteiger partial charge on any atom is -0.308 e. The van der Waals surface area contributed by atoms with Crippen LogP contribution in [0.5, 0.6) is 0 Å². The van der Waals surface area contributed by atoms with Gasteiger partial charge in [0.25, 0.3) is 0 Å². The Kier molecular flexibility index (Phi) is 4.99. The van der Waals surface area contributed by atoms with Gasteiger partial charge in [0.05, 0.1) is 0 Å². The number of carbonyl (C=O) groups excluding carboxylic acids is 1. The van der Waals surface area contributed by atoms with Gasteiger partial charge in [-0.15, -0.1) is 0 Å². The SMILES string of the molecule is CCc1ccccc1NC(=O)Nc1ccc(C(C)C)cc1. The van der Waals surface area contributed by atoms with Crippen LogP contribution in [0.2, 0.25) is 0 Å².